The minimum atomic E-state index is -0.782. The van der Waals surface area contributed by atoms with Crippen molar-refractivity contribution in [3.05, 3.63) is 35.4 Å². The molecule has 19 heavy (non-hydrogen) atoms. The molecule has 1 fully saturated rings. The van der Waals surface area contributed by atoms with Crippen LogP contribution in [0.4, 0.5) is 8.78 Å². The van der Waals surface area contributed by atoms with E-state index < -0.39 is 11.6 Å². The smallest absolute Gasteiger partial charge is 0.162 e. The highest BCUT2D eigenvalue weighted by Gasteiger charge is 2.18. The standard InChI is InChI=1S/C16H21ClF2/c17-14(10-12-6-3-1-2-4-7-12)11-13-8-5-9-15(18)16(13)19/h5,8-9,12,14H,1-4,6-7,10-11H2. The molecular weight excluding hydrogens is 266 g/mol. The zero-order valence-corrected chi connectivity index (χ0v) is 11.9. The number of rotatable bonds is 4. The molecule has 1 atom stereocenters. The second kappa shape index (κ2) is 7.23. The van der Waals surface area contributed by atoms with E-state index in [1.54, 1.807) is 12.1 Å². The fraction of sp³-hybridized carbons (Fsp3) is 0.625. The van der Waals surface area contributed by atoms with Gasteiger partial charge in [-0.15, -0.1) is 11.6 Å². The van der Waals surface area contributed by atoms with Crippen molar-refractivity contribution in [1.29, 1.82) is 0 Å². The predicted octanol–water partition coefficient (Wildman–Crippen LogP) is 5.48. The molecular formula is C16H21ClF2. The first-order valence-electron chi connectivity index (χ1n) is 7.23. The Labute approximate surface area is 119 Å². The van der Waals surface area contributed by atoms with E-state index in [2.05, 4.69) is 0 Å². The van der Waals surface area contributed by atoms with Crippen molar-refractivity contribution < 1.29 is 8.78 Å². The highest BCUT2D eigenvalue weighted by atomic mass is 35.5. The van der Waals surface area contributed by atoms with Crippen LogP contribution < -0.4 is 0 Å². The highest BCUT2D eigenvalue weighted by Crippen LogP contribution is 2.29. The van der Waals surface area contributed by atoms with Crippen LogP contribution in [0.5, 0.6) is 0 Å². The summed E-state index contributed by atoms with van der Waals surface area (Å²) in [5.74, 6) is -0.869. The van der Waals surface area contributed by atoms with Crippen molar-refractivity contribution in [3.63, 3.8) is 0 Å². The molecule has 0 saturated heterocycles. The van der Waals surface area contributed by atoms with Crippen LogP contribution in [-0.4, -0.2) is 5.38 Å². The van der Waals surface area contributed by atoms with Gasteiger partial charge in [0, 0.05) is 5.38 Å². The lowest BCUT2D eigenvalue weighted by molar-refractivity contribution is 0.416. The van der Waals surface area contributed by atoms with E-state index in [1.165, 1.54) is 38.5 Å². The van der Waals surface area contributed by atoms with Gasteiger partial charge in [-0.3, -0.25) is 0 Å². The summed E-state index contributed by atoms with van der Waals surface area (Å²) in [5.41, 5.74) is 0.397. The molecule has 0 radical (unpaired) electrons. The predicted molar refractivity (Wildman–Crippen MR) is 75.5 cm³/mol. The van der Waals surface area contributed by atoms with E-state index in [0.29, 0.717) is 17.9 Å². The van der Waals surface area contributed by atoms with Gasteiger partial charge in [0.2, 0.25) is 0 Å². The topological polar surface area (TPSA) is 0 Å². The van der Waals surface area contributed by atoms with Crippen LogP contribution in [0.25, 0.3) is 0 Å². The number of alkyl halides is 1. The van der Waals surface area contributed by atoms with Crippen LogP contribution in [0.15, 0.2) is 18.2 Å². The molecule has 1 aromatic rings. The lowest BCUT2D eigenvalue weighted by Crippen LogP contribution is -2.12. The summed E-state index contributed by atoms with van der Waals surface area (Å²) in [7, 11) is 0. The third-order valence-electron chi connectivity index (χ3n) is 4.04. The summed E-state index contributed by atoms with van der Waals surface area (Å²) >= 11 is 6.34. The highest BCUT2D eigenvalue weighted by molar-refractivity contribution is 6.20. The van der Waals surface area contributed by atoms with Crippen molar-refractivity contribution in [2.45, 2.75) is 56.7 Å². The fourth-order valence-electron chi connectivity index (χ4n) is 2.99. The summed E-state index contributed by atoms with van der Waals surface area (Å²) in [5, 5.41) is -0.0978. The Hall–Kier alpha value is -0.630. The quantitative estimate of drug-likeness (QED) is 0.508. The Bertz CT molecular complexity index is 398. The molecule has 2 rings (SSSR count). The number of halogens is 3. The monoisotopic (exact) mass is 286 g/mol. The van der Waals surface area contributed by atoms with E-state index in [0.717, 1.165) is 12.5 Å². The molecule has 0 aliphatic heterocycles. The van der Waals surface area contributed by atoms with E-state index in [1.807, 2.05) is 0 Å². The van der Waals surface area contributed by atoms with Crippen LogP contribution in [0.1, 0.15) is 50.5 Å². The average molecular weight is 287 g/mol. The summed E-state index contributed by atoms with van der Waals surface area (Å²) < 4.78 is 26.7. The van der Waals surface area contributed by atoms with Gasteiger partial charge < -0.3 is 0 Å². The number of benzene rings is 1. The first-order chi connectivity index (χ1) is 9.16. The first-order valence-corrected chi connectivity index (χ1v) is 7.67. The third-order valence-corrected chi connectivity index (χ3v) is 4.37. The Balaban J connectivity index is 1.89. The molecule has 1 aromatic carbocycles. The Kier molecular flexibility index (Phi) is 5.62. The maximum atomic E-state index is 13.6. The van der Waals surface area contributed by atoms with Gasteiger partial charge in [-0.05, 0) is 30.4 Å². The largest absolute Gasteiger partial charge is 0.204 e. The lowest BCUT2D eigenvalue weighted by atomic mass is 9.92. The summed E-state index contributed by atoms with van der Waals surface area (Å²) in [6, 6.07) is 4.32. The van der Waals surface area contributed by atoms with E-state index >= 15 is 0 Å². The molecule has 0 N–H and O–H groups in total. The molecule has 1 aliphatic carbocycles. The SMILES string of the molecule is Fc1cccc(CC(Cl)CC2CCCCCC2)c1F. The average Bonchev–Trinajstić information content (AvgIpc) is 2.63. The maximum Gasteiger partial charge on any atom is 0.162 e. The molecule has 1 saturated carbocycles. The zero-order chi connectivity index (χ0) is 13.7. The molecule has 0 heterocycles. The van der Waals surface area contributed by atoms with Gasteiger partial charge in [0.15, 0.2) is 11.6 Å². The van der Waals surface area contributed by atoms with Crippen LogP contribution in [-0.2, 0) is 6.42 Å². The van der Waals surface area contributed by atoms with Crippen molar-refractivity contribution in [3.8, 4) is 0 Å². The van der Waals surface area contributed by atoms with Crippen LogP contribution in [0, 0.1) is 17.6 Å². The lowest BCUT2D eigenvalue weighted by Gasteiger charge is -2.18. The van der Waals surface area contributed by atoms with E-state index in [4.69, 9.17) is 11.6 Å². The van der Waals surface area contributed by atoms with Crippen molar-refractivity contribution in [2.24, 2.45) is 5.92 Å². The van der Waals surface area contributed by atoms with Gasteiger partial charge in [0.1, 0.15) is 0 Å². The van der Waals surface area contributed by atoms with Gasteiger partial charge in [0.25, 0.3) is 0 Å². The normalized spacial score (nSPS) is 19.1. The van der Waals surface area contributed by atoms with Gasteiger partial charge in [0.05, 0.1) is 0 Å². The van der Waals surface area contributed by atoms with Crippen molar-refractivity contribution in [1.82, 2.24) is 0 Å². The van der Waals surface area contributed by atoms with Gasteiger partial charge >= 0.3 is 0 Å². The van der Waals surface area contributed by atoms with Crippen LogP contribution >= 0.6 is 11.6 Å². The minimum absolute atomic E-state index is 0.0978. The van der Waals surface area contributed by atoms with E-state index in [9.17, 15) is 8.78 Å². The second-order valence-electron chi connectivity index (χ2n) is 5.61. The first kappa shape index (κ1) is 14.8. The van der Waals surface area contributed by atoms with Crippen molar-refractivity contribution in [2.75, 3.05) is 0 Å². The van der Waals surface area contributed by atoms with Crippen LogP contribution in [0.3, 0.4) is 0 Å². The molecule has 0 nitrogen and oxygen atoms in total. The van der Waals surface area contributed by atoms with Crippen LogP contribution in [0.2, 0.25) is 0 Å². The van der Waals surface area contributed by atoms with Gasteiger partial charge in [-0.2, -0.15) is 0 Å². The van der Waals surface area contributed by atoms with E-state index in [-0.39, 0.29) is 5.38 Å². The molecule has 3 heteroatoms. The summed E-state index contributed by atoms with van der Waals surface area (Å²) in [6.45, 7) is 0. The Morgan fingerprint density at radius 1 is 1.11 bits per heavy atom. The molecule has 0 amide bonds. The maximum absolute atomic E-state index is 13.6. The van der Waals surface area contributed by atoms with Gasteiger partial charge in [-0.1, -0.05) is 50.7 Å². The second-order valence-corrected chi connectivity index (χ2v) is 6.22. The molecule has 0 bridgehead atoms. The Morgan fingerprint density at radius 3 is 2.47 bits per heavy atom. The Morgan fingerprint density at radius 2 is 1.79 bits per heavy atom. The summed E-state index contributed by atoms with van der Waals surface area (Å²) in [4.78, 5) is 0. The molecule has 106 valence electrons. The van der Waals surface area contributed by atoms with Gasteiger partial charge in [-0.25, -0.2) is 8.78 Å². The summed E-state index contributed by atoms with van der Waals surface area (Å²) in [6.07, 6.45) is 9.00. The zero-order valence-electron chi connectivity index (χ0n) is 11.2. The molecule has 0 spiro atoms. The number of hydrogen-bond donors (Lipinski definition) is 0. The van der Waals surface area contributed by atoms with Crippen molar-refractivity contribution >= 4 is 11.6 Å². The fourth-order valence-corrected chi connectivity index (χ4v) is 3.41. The molecule has 0 aromatic heterocycles. The number of hydrogen-bond acceptors (Lipinski definition) is 0. The minimum Gasteiger partial charge on any atom is -0.204 e. The molecule has 1 unspecified atom stereocenters. The molecule has 1 aliphatic rings. The third kappa shape index (κ3) is 4.45.